The van der Waals surface area contributed by atoms with Crippen LogP contribution in [0.2, 0.25) is 0 Å². The first-order valence-electron chi connectivity index (χ1n) is 5.84. The summed E-state index contributed by atoms with van der Waals surface area (Å²) in [4.78, 5) is 11.1. The molecule has 0 bridgehead atoms. The molecule has 1 aromatic carbocycles. The summed E-state index contributed by atoms with van der Waals surface area (Å²) in [5, 5.41) is 19.1. The second kappa shape index (κ2) is 7.10. The van der Waals surface area contributed by atoms with Crippen molar-refractivity contribution >= 4 is 5.97 Å². The van der Waals surface area contributed by atoms with Crippen LogP contribution in [0.5, 0.6) is 0 Å². The molecule has 1 atom stereocenters. The van der Waals surface area contributed by atoms with E-state index >= 15 is 0 Å². The van der Waals surface area contributed by atoms with E-state index in [1.54, 1.807) is 18.2 Å². The molecule has 0 aromatic heterocycles. The van der Waals surface area contributed by atoms with E-state index in [0.29, 0.717) is 19.6 Å². The summed E-state index contributed by atoms with van der Waals surface area (Å²) in [5.41, 5.74) is 0.203. The normalized spacial score (nSPS) is 14.1. The van der Waals surface area contributed by atoms with Crippen molar-refractivity contribution < 1.29 is 24.5 Å². The number of carbonyl (C=O) groups is 1. The van der Waals surface area contributed by atoms with Gasteiger partial charge in [-0.1, -0.05) is 30.3 Å². The Morgan fingerprint density at radius 3 is 2.50 bits per heavy atom. The quantitative estimate of drug-likeness (QED) is 0.541. The Morgan fingerprint density at radius 1 is 1.28 bits per heavy atom. The highest BCUT2D eigenvalue weighted by molar-refractivity contribution is 5.77. The first kappa shape index (κ1) is 14.6. The van der Waals surface area contributed by atoms with Crippen LogP contribution in [-0.2, 0) is 20.1 Å². The van der Waals surface area contributed by atoms with Gasteiger partial charge in [0.2, 0.25) is 0 Å². The molecular formula is C13H18O5. The molecule has 1 rings (SSSR count). The number of carboxylic acids is 1. The Balaban J connectivity index is 2.62. The van der Waals surface area contributed by atoms with Crippen LogP contribution >= 0.6 is 0 Å². The maximum Gasteiger partial charge on any atom is 0.369 e. The van der Waals surface area contributed by atoms with E-state index in [1.807, 2.05) is 6.92 Å². The van der Waals surface area contributed by atoms with Crippen molar-refractivity contribution in [2.24, 2.45) is 0 Å². The Hall–Kier alpha value is -1.43. The van der Waals surface area contributed by atoms with Crippen molar-refractivity contribution in [2.75, 3.05) is 19.8 Å². The summed E-state index contributed by atoms with van der Waals surface area (Å²) >= 11 is 0. The summed E-state index contributed by atoms with van der Waals surface area (Å²) < 4.78 is 10.2. The number of benzene rings is 1. The van der Waals surface area contributed by atoms with Crippen molar-refractivity contribution in [2.45, 2.75) is 19.1 Å². The van der Waals surface area contributed by atoms with Gasteiger partial charge in [-0.15, -0.1) is 0 Å². The number of ether oxygens (including phenoxy) is 2. The number of hydrogen-bond acceptors (Lipinski definition) is 4. The van der Waals surface area contributed by atoms with Crippen LogP contribution in [0, 0.1) is 0 Å². The zero-order chi connectivity index (χ0) is 13.4. The van der Waals surface area contributed by atoms with E-state index in [1.165, 1.54) is 12.1 Å². The van der Waals surface area contributed by atoms with Crippen molar-refractivity contribution in [1.29, 1.82) is 0 Å². The smallest absolute Gasteiger partial charge is 0.369 e. The molecule has 0 aliphatic carbocycles. The molecule has 1 unspecified atom stereocenters. The van der Waals surface area contributed by atoms with Crippen LogP contribution in [0.1, 0.15) is 18.9 Å². The Kier molecular flexibility index (Phi) is 5.77. The second-order valence-corrected chi connectivity index (χ2v) is 3.71. The molecule has 0 heterocycles. The minimum absolute atomic E-state index is 0.109. The van der Waals surface area contributed by atoms with Crippen molar-refractivity contribution in [3.8, 4) is 0 Å². The number of hydrogen-bond donors (Lipinski definition) is 2. The molecule has 0 saturated heterocycles. The van der Waals surface area contributed by atoms with Gasteiger partial charge in [-0.2, -0.15) is 0 Å². The predicted molar refractivity (Wildman–Crippen MR) is 65.0 cm³/mol. The maximum absolute atomic E-state index is 11.1. The van der Waals surface area contributed by atoms with Gasteiger partial charge in [0.15, 0.2) is 0 Å². The van der Waals surface area contributed by atoms with Gasteiger partial charge in [0.25, 0.3) is 5.79 Å². The lowest BCUT2D eigenvalue weighted by molar-refractivity contribution is -0.230. The van der Waals surface area contributed by atoms with Crippen molar-refractivity contribution in [3.63, 3.8) is 0 Å². The van der Waals surface area contributed by atoms with Gasteiger partial charge in [-0.25, -0.2) is 4.79 Å². The number of rotatable bonds is 8. The second-order valence-electron chi connectivity index (χ2n) is 3.71. The summed E-state index contributed by atoms with van der Waals surface area (Å²) in [7, 11) is 0. The number of aliphatic carboxylic acids is 1. The summed E-state index contributed by atoms with van der Waals surface area (Å²) in [5.74, 6) is -3.72. The highest BCUT2D eigenvalue weighted by Gasteiger charge is 2.39. The van der Waals surface area contributed by atoms with Crippen LogP contribution in [0.3, 0.4) is 0 Å². The molecule has 2 N–H and O–H groups in total. The van der Waals surface area contributed by atoms with E-state index in [-0.39, 0.29) is 12.2 Å². The molecule has 0 fully saturated rings. The van der Waals surface area contributed by atoms with E-state index in [4.69, 9.17) is 14.6 Å². The first-order valence-corrected chi connectivity index (χ1v) is 5.84. The van der Waals surface area contributed by atoms with Gasteiger partial charge in [-0.3, -0.25) is 0 Å². The van der Waals surface area contributed by atoms with Gasteiger partial charge in [0, 0.05) is 18.8 Å². The highest BCUT2D eigenvalue weighted by atomic mass is 16.6. The zero-order valence-corrected chi connectivity index (χ0v) is 10.3. The van der Waals surface area contributed by atoms with Crippen LogP contribution in [0.4, 0.5) is 0 Å². The van der Waals surface area contributed by atoms with E-state index in [9.17, 15) is 9.90 Å². The molecule has 0 aliphatic heterocycles. The Morgan fingerprint density at radius 2 is 1.94 bits per heavy atom. The lowest BCUT2D eigenvalue weighted by atomic mass is 10.1. The molecule has 18 heavy (non-hydrogen) atoms. The standard InChI is InChI=1S/C13H18O5/c1-2-17-9-6-10-18-13(16,12(14)15)11-7-4-3-5-8-11/h3-5,7-8,16H,2,6,9-10H2,1H3,(H,14,15). The van der Waals surface area contributed by atoms with Crippen LogP contribution in [0.15, 0.2) is 30.3 Å². The maximum atomic E-state index is 11.1. The third-order valence-electron chi connectivity index (χ3n) is 2.40. The molecule has 0 aliphatic rings. The summed E-state index contributed by atoms with van der Waals surface area (Å²) in [6, 6.07) is 8.05. The first-order chi connectivity index (χ1) is 8.61. The Labute approximate surface area is 106 Å². The lowest BCUT2D eigenvalue weighted by Crippen LogP contribution is -2.39. The molecule has 5 heteroatoms. The molecule has 100 valence electrons. The molecule has 1 aromatic rings. The fourth-order valence-corrected chi connectivity index (χ4v) is 1.46. The SMILES string of the molecule is CCOCCCOC(O)(C(=O)O)c1ccccc1. The third kappa shape index (κ3) is 3.80. The monoisotopic (exact) mass is 254 g/mol. The lowest BCUT2D eigenvalue weighted by Gasteiger charge is -2.24. The van der Waals surface area contributed by atoms with Crippen LogP contribution in [-0.4, -0.2) is 36.0 Å². The summed E-state index contributed by atoms with van der Waals surface area (Å²) in [6.45, 7) is 3.05. The molecule has 0 saturated carbocycles. The van der Waals surface area contributed by atoms with Crippen LogP contribution in [0.25, 0.3) is 0 Å². The third-order valence-corrected chi connectivity index (χ3v) is 2.40. The van der Waals surface area contributed by atoms with Gasteiger partial charge >= 0.3 is 5.97 Å². The predicted octanol–water partition coefficient (Wildman–Crippen LogP) is 1.36. The molecule has 0 amide bonds. The van der Waals surface area contributed by atoms with Gasteiger partial charge in [-0.05, 0) is 13.3 Å². The fraction of sp³-hybridized carbons (Fsp3) is 0.462. The van der Waals surface area contributed by atoms with Crippen molar-refractivity contribution in [1.82, 2.24) is 0 Å². The molecule has 0 spiro atoms. The van der Waals surface area contributed by atoms with E-state index < -0.39 is 11.8 Å². The molecular weight excluding hydrogens is 236 g/mol. The van der Waals surface area contributed by atoms with Gasteiger partial charge < -0.3 is 19.7 Å². The Bertz CT molecular complexity index is 365. The zero-order valence-electron chi connectivity index (χ0n) is 10.3. The number of carboxylic acid groups (broad SMARTS) is 1. The van der Waals surface area contributed by atoms with E-state index in [2.05, 4.69) is 0 Å². The minimum Gasteiger partial charge on any atom is -0.477 e. The van der Waals surface area contributed by atoms with Gasteiger partial charge in [0.1, 0.15) is 0 Å². The van der Waals surface area contributed by atoms with Crippen LogP contribution < -0.4 is 0 Å². The summed E-state index contributed by atoms with van der Waals surface area (Å²) in [6.07, 6.45) is 0.524. The van der Waals surface area contributed by atoms with Gasteiger partial charge in [0.05, 0.1) is 6.61 Å². The fourth-order valence-electron chi connectivity index (χ4n) is 1.46. The van der Waals surface area contributed by atoms with E-state index in [0.717, 1.165) is 0 Å². The average molecular weight is 254 g/mol. The average Bonchev–Trinajstić information content (AvgIpc) is 2.39. The topological polar surface area (TPSA) is 76.0 Å². The number of aliphatic hydroxyl groups is 1. The highest BCUT2D eigenvalue weighted by Crippen LogP contribution is 2.23. The largest absolute Gasteiger partial charge is 0.477 e. The molecule has 0 radical (unpaired) electrons. The molecule has 5 nitrogen and oxygen atoms in total. The minimum atomic E-state index is -2.30. The van der Waals surface area contributed by atoms with Crippen molar-refractivity contribution in [3.05, 3.63) is 35.9 Å².